The van der Waals surface area contributed by atoms with E-state index in [0.29, 0.717) is 23.3 Å². The first kappa shape index (κ1) is 20.1. The first-order valence-corrected chi connectivity index (χ1v) is 12.2. The van der Waals surface area contributed by atoms with Gasteiger partial charge in [-0.15, -0.1) is 0 Å². The van der Waals surface area contributed by atoms with Crippen molar-refractivity contribution in [3.63, 3.8) is 0 Å². The number of nitrogens with zero attached hydrogens (tertiary/aromatic N) is 3. The van der Waals surface area contributed by atoms with Gasteiger partial charge in [-0.1, -0.05) is 12.1 Å². The fourth-order valence-corrected chi connectivity index (χ4v) is 4.14. The zero-order valence-electron chi connectivity index (χ0n) is 17.3. The summed E-state index contributed by atoms with van der Waals surface area (Å²) in [5.41, 5.74) is 3.43. The molecule has 5 rings (SSSR count). The van der Waals surface area contributed by atoms with Crippen LogP contribution in [0.4, 0.5) is 5.95 Å². The van der Waals surface area contributed by atoms with Crippen molar-refractivity contribution in [2.75, 3.05) is 5.32 Å². The second kappa shape index (κ2) is 7.72. The van der Waals surface area contributed by atoms with Gasteiger partial charge < -0.3 is 10.1 Å². The molecule has 8 nitrogen and oxygen atoms in total. The van der Waals surface area contributed by atoms with Crippen molar-refractivity contribution < 1.29 is 13.2 Å². The Labute approximate surface area is 181 Å². The van der Waals surface area contributed by atoms with Crippen LogP contribution < -0.4 is 15.2 Å². The number of primary sulfonamides is 1. The molecule has 0 bridgehead atoms. The Morgan fingerprint density at radius 3 is 2.39 bits per heavy atom. The molecule has 2 fully saturated rings. The molecular formula is C22H25N5O3S. The molecule has 0 aliphatic heterocycles. The summed E-state index contributed by atoms with van der Waals surface area (Å²) in [5, 5.41) is 8.48. The van der Waals surface area contributed by atoms with Gasteiger partial charge in [-0.05, 0) is 68.9 Å². The summed E-state index contributed by atoms with van der Waals surface area (Å²) >= 11 is 0. The second-order valence-corrected chi connectivity index (χ2v) is 9.94. The van der Waals surface area contributed by atoms with E-state index in [4.69, 9.17) is 14.9 Å². The molecule has 0 amide bonds. The van der Waals surface area contributed by atoms with Crippen LogP contribution in [0.2, 0.25) is 0 Å². The smallest absolute Gasteiger partial charge is 0.245 e. The van der Waals surface area contributed by atoms with Crippen LogP contribution in [0.25, 0.3) is 11.0 Å². The molecule has 0 saturated heterocycles. The lowest BCUT2D eigenvalue weighted by Gasteiger charge is -2.26. The van der Waals surface area contributed by atoms with Crippen LogP contribution in [-0.4, -0.2) is 29.5 Å². The first-order chi connectivity index (χ1) is 14.9. The highest BCUT2D eigenvalue weighted by Crippen LogP contribution is 2.40. The van der Waals surface area contributed by atoms with Crippen LogP contribution in [0, 0.1) is 0 Å². The molecule has 1 atom stereocenters. The minimum Gasteiger partial charge on any atom is -0.473 e. The van der Waals surface area contributed by atoms with Crippen LogP contribution >= 0.6 is 0 Å². The number of fused-ring (bicyclic) bond motifs is 1. The number of benzene rings is 1. The number of rotatable bonds is 7. The summed E-state index contributed by atoms with van der Waals surface area (Å²) in [4.78, 5) is 14.2. The van der Waals surface area contributed by atoms with Crippen LogP contribution in [0.1, 0.15) is 62.2 Å². The highest BCUT2D eigenvalue weighted by molar-refractivity contribution is 7.89. The molecule has 3 aromatic rings. The molecule has 31 heavy (non-hydrogen) atoms. The van der Waals surface area contributed by atoms with E-state index >= 15 is 0 Å². The first-order valence-electron chi connectivity index (χ1n) is 10.6. The van der Waals surface area contributed by atoms with Crippen LogP contribution in [0.5, 0.6) is 5.88 Å². The van der Waals surface area contributed by atoms with E-state index in [2.05, 4.69) is 15.3 Å². The molecule has 3 N–H and O–H groups in total. The van der Waals surface area contributed by atoms with Crippen molar-refractivity contribution in [2.45, 2.75) is 62.0 Å². The Balaban J connectivity index is 1.44. The van der Waals surface area contributed by atoms with Gasteiger partial charge in [0.25, 0.3) is 0 Å². The lowest BCUT2D eigenvalue weighted by Crippen LogP contribution is -2.25. The number of sulfonamides is 1. The third-order valence-corrected chi connectivity index (χ3v) is 6.84. The van der Waals surface area contributed by atoms with Gasteiger partial charge in [0, 0.05) is 11.6 Å². The molecule has 2 heterocycles. The molecule has 1 aromatic carbocycles. The monoisotopic (exact) mass is 439 g/mol. The predicted octanol–water partition coefficient (Wildman–Crippen LogP) is 3.65. The fraction of sp³-hybridized carbons (Fsp3) is 0.409. The normalized spacial score (nSPS) is 17.9. The van der Waals surface area contributed by atoms with Gasteiger partial charge >= 0.3 is 0 Å². The molecule has 2 aliphatic rings. The molecule has 0 unspecified atom stereocenters. The summed E-state index contributed by atoms with van der Waals surface area (Å²) in [6.45, 7) is 1.96. The van der Waals surface area contributed by atoms with Crippen molar-refractivity contribution >= 4 is 27.0 Å². The van der Waals surface area contributed by atoms with Gasteiger partial charge in [0.15, 0.2) is 5.52 Å². The van der Waals surface area contributed by atoms with E-state index in [1.54, 1.807) is 12.1 Å². The molecule has 9 heteroatoms. The third-order valence-electron chi connectivity index (χ3n) is 5.91. The van der Waals surface area contributed by atoms with Crippen molar-refractivity contribution in [2.24, 2.45) is 5.14 Å². The SMILES string of the molecule is C[C@@H](Nc1nc(OC2CCC2)c2nc(C3CC3)ccc2n1)c1ccc(S(N)(=O)=O)cc1. The lowest BCUT2D eigenvalue weighted by molar-refractivity contribution is 0.116. The van der Waals surface area contributed by atoms with Crippen molar-refractivity contribution in [3.8, 4) is 5.88 Å². The quantitative estimate of drug-likeness (QED) is 0.576. The Kier molecular flexibility index (Phi) is 5.02. The maximum Gasteiger partial charge on any atom is 0.245 e. The predicted molar refractivity (Wildman–Crippen MR) is 117 cm³/mol. The van der Waals surface area contributed by atoms with E-state index in [-0.39, 0.29) is 17.0 Å². The number of anilines is 1. The number of hydrogen-bond acceptors (Lipinski definition) is 7. The Morgan fingerprint density at radius 2 is 1.77 bits per heavy atom. The average Bonchev–Trinajstić information content (AvgIpc) is 3.55. The Bertz CT molecular complexity index is 1220. The minimum absolute atomic E-state index is 0.0825. The number of aromatic nitrogens is 3. The fourth-order valence-electron chi connectivity index (χ4n) is 3.63. The van der Waals surface area contributed by atoms with Crippen molar-refractivity contribution in [1.29, 1.82) is 0 Å². The van der Waals surface area contributed by atoms with E-state index in [1.807, 2.05) is 19.1 Å². The summed E-state index contributed by atoms with van der Waals surface area (Å²) in [6.07, 6.45) is 5.78. The lowest BCUT2D eigenvalue weighted by atomic mass is 9.96. The summed E-state index contributed by atoms with van der Waals surface area (Å²) in [7, 11) is -3.72. The van der Waals surface area contributed by atoms with E-state index < -0.39 is 10.0 Å². The summed E-state index contributed by atoms with van der Waals surface area (Å²) < 4.78 is 29.1. The van der Waals surface area contributed by atoms with Crippen molar-refractivity contribution in [3.05, 3.63) is 47.7 Å². The van der Waals surface area contributed by atoms with Crippen molar-refractivity contribution in [1.82, 2.24) is 15.0 Å². The van der Waals surface area contributed by atoms with Gasteiger partial charge in [-0.3, -0.25) is 0 Å². The largest absolute Gasteiger partial charge is 0.473 e. The summed E-state index contributed by atoms with van der Waals surface area (Å²) in [6, 6.07) is 10.3. The third kappa shape index (κ3) is 4.33. The number of ether oxygens (including phenoxy) is 1. The number of nitrogens with one attached hydrogen (secondary N) is 1. The molecule has 0 spiro atoms. The topological polar surface area (TPSA) is 120 Å². The minimum atomic E-state index is -3.72. The highest BCUT2D eigenvalue weighted by Gasteiger charge is 2.27. The zero-order chi connectivity index (χ0) is 21.6. The van der Waals surface area contributed by atoms with Crippen LogP contribution in [-0.2, 0) is 10.0 Å². The van der Waals surface area contributed by atoms with E-state index in [1.165, 1.54) is 31.4 Å². The molecule has 2 saturated carbocycles. The summed E-state index contributed by atoms with van der Waals surface area (Å²) in [5.74, 6) is 1.52. The molecule has 2 aromatic heterocycles. The maximum atomic E-state index is 11.5. The van der Waals surface area contributed by atoms with Gasteiger partial charge in [0.05, 0.1) is 16.5 Å². The average molecular weight is 440 g/mol. The molecule has 162 valence electrons. The Morgan fingerprint density at radius 1 is 1.03 bits per heavy atom. The van der Waals surface area contributed by atoms with Gasteiger partial charge in [0.2, 0.25) is 21.9 Å². The van der Waals surface area contributed by atoms with E-state index in [0.717, 1.165) is 29.6 Å². The van der Waals surface area contributed by atoms with Gasteiger partial charge in [0.1, 0.15) is 6.10 Å². The Hall–Kier alpha value is -2.78. The van der Waals surface area contributed by atoms with Gasteiger partial charge in [-0.2, -0.15) is 4.98 Å². The number of pyridine rings is 1. The molecule has 2 aliphatic carbocycles. The zero-order valence-corrected chi connectivity index (χ0v) is 18.1. The number of nitrogens with two attached hydrogens (primary N) is 1. The van der Waals surface area contributed by atoms with Gasteiger partial charge in [-0.25, -0.2) is 23.5 Å². The second-order valence-electron chi connectivity index (χ2n) is 8.38. The molecular weight excluding hydrogens is 414 g/mol. The highest BCUT2D eigenvalue weighted by atomic mass is 32.2. The maximum absolute atomic E-state index is 11.5. The van der Waals surface area contributed by atoms with E-state index in [9.17, 15) is 8.42 Å². The standard InChI is InChI=1S/C22H25N5O3S/c1-13(14-7-9-17(10-8-14)31(23,28)29)24-22-26-19-12-11-18(15-5-6-15)25-20(19)21(27-22)30-16-3-2-4-16/h7-13,15-16H,2-6H2,1H3,(H2,23,28,29)(H,24,26,27)/t13-/m1/s1. The van der Waals surface area contributed by atoms with Crippen LogP contribution in [0.15, 0.2) is 41.3 Å². The molecule has 0 radical (unpaired) electrons. The number of hydrogen-bond donors (Lipinski definition) is 2. The van der Waals surface area contributed by atoms with Crippen LogP contribution in [0.3, 0.4) is 0 Å².